The molecule has 1 amide bonds. The maximum Gasteiger partial charge on any atom is 0.415 e. The van der Waals surface area contributed by atoms with E-state index in [-0.39, 0.29) is 6.54 Å². The normalized spacial score (nSPS) is 16.2. The lowest BCUT2D eigenvalue weighted by Gasteiger charge is -2.40. The Morgan fingerprint density at radius 2 is 1.71 bits per heavy atom. The van der Waals surface area contributed by atoms with Crippen molar-refractivity contribution in [2.45, 2.75) is 44.9 Å². The minimum absolute atomic E-state index is 0.0191. The van der Waals surface area contributed by atoms with Crippen LogP contribution in [0.4, 0.5) is 13.2 Å². The molecule has 0 aliphatic rings. The van der Waals surface area contributed by atoms with Crippen LogP contribution in [0.3, 0.4) is 0 Å². The van der Waals surface area contributed by atoms with Crippen molar-refractivity contribution in [3.05, 3.63) is 12.7 Å². The quantitative estimate of drug-likeness (QED) is 0.782. The number of hydrogen-bond donors (Lipinski definition) is 1. The van der Waals surface area contributed by atoms with E-state index in [2.05, 4.69) is 6.58 Å². The monoisotopic (exact) mass is 252 g/mol. The number of carbonyl (C=O) groups excluding carboxylic acids is 1. The summed E-state index contributed by atoms with van der Waals surface area (Å²) >= 11 is 0. The highest BCUT2D eigenvalue weighted by Gasteiger charge is 2.56. The molecule has 0 aliphatic carbocycles. The maximum absolute atomic E-state index is 12.7. The topological polar surface area (TPSA) is 46.3 Å². The Morgan fingerprint density at radius 3 is 1.94 bits per heavy atom. The number of amides is 1. The van der Waals surface area contributed by atoms with Gasteiger partial charge in [0.05, 0.1) is 0 Å². The van der Waals surface area contributed by atoms with E-state index in [0.717, 1.165) is 4.90 Å². The van der Waals surface area contributed by atoms with Gasteiger partial charge in [-0.2, -0.15) is 13.2 Å². The molecular weight excluding hydrogens is 233 g/mol. The van der Waals surface area contributed by atoms with Crippen LogP contribution in [0.15, 0.2) is 12.7 Å². The smallest absolute Gasteiger partial charge is 0.332 e. The Hall–Kier alpha value is -1.04. The molecule has 100 valence electrons. The van der Waals surface area contributed by atoms with Crippen LogP contribution in [0.2, 0.25) is 0 Å². The van der Waals surface area contributed by atoms with Crippen LogP contribution in [0.5, 0.6) is 0 Å². The molecule has 0 spiro atoms. The Bertz CT molecular complexity index is 303. The average molecular weight is 252 g/mol. The summed E-state index contributed by atoms with van der Waals surface area (Å²) in [5.74, 6) is -1.16. The Kier molecular flexibility index (Phi) is 4.39. The number of rotatable bonds is 3. The van der Waals surface area contributed by atoms with Crippen molar-refractivity contribution in [3.8, 4) is 0 Å². The lowest BCUT2D eigenvalue weighted by molar-refractivity contribution is -0.195. The molecule has 0 radical (unpaired) electrons. The molecule has 3 nitrogen and oxygen atoms in total. The first-order valence-electron chi connectivity index (χ1n) is 5.14. The first kappa shape index (κ1) is 16.0. The van der Waals surface area contributed by atoms with E-state index in [1.807, 2.05) is 0 Å². The third-order valence-electron chi connectivity index (χ3n) is 2.40. The van der Waals surface area contributed by atoms with E-state index in [4.69, 9.17) is 5.73 Å². The van der Waals surface area contributed by atoms with E-state index in [1.165, 1.54) is 6.08 Å². The van der Waals surface area contributed by atoms with Crippen LogP contribution >= 0.6 is 0 Å². The van der Waals surface area contributed by atoms with Crippen LogP contribution in [-0.2, 0) is 4.79 Å². The van der Waals surface area contributed by atoms with Gasteiger partial charge in [-0.05, 0) is 27.7 Å². The summed E-state index contributed by atoms with van der Waals surface area (Å²) in [4.78, 5) is 12.9. The Balaban J connectivity index is 5.31. The molecule has 2 N–H and O–H groups in total. The van der Waals surface area contributed by atoms with Crippen molar-refractivity contribution >= 4 is 5.91 Å². The number of halogens is 3. The predicted octanol–water partition coefficient (Wildman–Crippen LogP) is 2.08. The molecule has 0 aliphatic heterocycles. The number of nitrogens with zero attached hydrogens (tertiary/aromatic N) is 1. The molecule has 0 heterocycles. The van der Waals surface area contributed by atoms with Gasteiger partial charge in [-0.3, -0.25) is 4.79 Å². The number of hydrogen-bond acceptors (Lipinski definition) is 2. The van der Waals surface area contributed by atoms with E-state index in [0.29, 0.717) is 6.92 Å². The number of nitrogens with two attached hydrogens (primary N) is 1. The summed E-state index contributed by atoms with van der Waals surface area (Å²) in [7, 11) is 0. The molecule has 0 rings (SSSR count). The van der Waals surface area contributed by atoms with Crippen molar-refractivity contribution in [1.82, 2.24) is 4.90 Å². The minimum Gasteiger partial charge on any atom is -0.332 e. The molecule has 0 saturated carbocycles. The van der Waals surface area contributed by atoms with Crippen molar-refractivity contribution < 1.29 is 18.0 Å². The fraction of sp³-hybridized carbons (Fsp3) is 0.727. The fourth-order valence-corrected chi connectivity index (χ4v) is 1.19. The molecule has 17 heavy (non-hydrogen) atoms. The number of alkyl halides is 3. The SMILES string of the molecule is C=CCN(C(=O)C(C)(N)C(F)(F)F)C(C)(C)C. The molecule has 0 bridgehead atoms. The van der Waals surface area contributed by atoms with Gasteiger partial charge in [0.2, 0.25) is 0 Å². The lowest BCUT2D eigenvalue weighted by Crippen LogP contribution is -2.65. The average Bonchev–Trinajstić information content (AvgIpc) is 2.09. The van der Waals surface area contributed by atoms with Gasteiger partial charge >= 0.3 is 6.18 Å². The first-order chi connectivity index (χ1) is 7.35. The van der Waals surface area contributed by atoms with Crippen molar-refractivity contribution in [1.29, 1.82) is 0 Å². The van der Waals surface area contributed by atoms with Crippen molar-refractivity contribution in [2.75, 3.05) is 6.54 Å². The summed E-state index contributed by atoms with van der Waals surface area (Å²) in [6.07, 6.45) is -3.41. The van der Waals surface area contributed by atoms with Crippen molar-refractivity contribution in [3.63, 3.8) is 0 Å². The van der Waals surface area contributed by atoms with Gasteiger partial charge in [0.15, 0.2) is 5.54 Å². The summed E-state index contributed by atoms with van der Waals surface area (Å²) in [5, 5.41) is 0. The second kappa shape index (κ2) is 4.68. The summed E-state index contributed by atoms with van der Waals surface area (Å²) < 4.78 is 38.0. The summed E-state index contributed by atoms with van der Waals surface area (Å²) in [5.41, 5.74) is 1.48. The lowest BCUT2D eigenvalue weighted by atomic mass is 9.96. The zero-order valence-electron chi connectivity index (χ0n) is 10.6. The first-order valence-corrected chi connectivity index (χ1v) is 5.14. The van der Waals surface area contributed by atoms with Gasteiger partial charge in [0, 0.05) is 12.1 Å². The Morgan fingerprint density at radius 1 is 1.29 bits per heavy atom. The van der Waals surface area contributed by atoms with Gasteiger partial charge in [0.1, 0.15) is 0 Å². The Labute approximate surface area is 99.5 Å². The molecule has 0 saturated heterocycles. The number of carbonyl (C=O) groups is 1. The molecular formula is C11H19F3N2O. The van der Waals surface area contributed by atoms with E-state index < -0.39 is 23.2 Å². The fourth-order valence-electron chi connectivity index (χ4n) is 1.19. The highest BCUT2D eigenvalue weighted by molar-refractivity contribution is 5.87. The van der Waals surface area contributed by atoms with Crippen LogP contribution in [0.25, 0.3) is 0 Å². The van der Waals surface area contributed by atoms with Crippen molar-refractivity contribution in [2.24, 2.45) is 5.73 Å². The zero-order valence-corrected chi connectivity index (χ0v) is 10.6. The molecule has 0 aromatic carbocycles. The van der Waals surface area contributed by atoms with E-state index >= 15 is 0 Å². The van der Waals surface area contributed by atoms with Gasteiger partial charge < -0.3 is 10.6 Å². The predicted molar refractivity (Wildman–Crippen MR) is 60.3 cm³/mol. The standard InChI is InChI=1S/C11H19F3N2O/c1-6-7-16(9(2,3)4)8(17)10(5,15)11(12,13)14/h6H,1,7,15H2,2-5H3. The van der Waals surface area contributed by atoms with Crippen LogP contribution in [0, 0.1) is 0 Å². The maximum atomic E-state index is 12.7. The van der Waals surface area contributed by atoms with E-state index in [1.54, 1.807) is 20.8 Å². The third-order valence-corrected chi connectivity index (χ3v) is 2.40. The van der Waals surface area contributed by atoms with Gasteiger partial charge in [-0.15, -0.1) is 6.58 Å². The zero-order chi connectivity index (χ0) is 14.1. The summed E-state index contributed by atoms with van der Waals surface area (Å²) in [6.45, 7) is 9.04. The van der Waals surface area contributed by atoms with Gasteiger partial charge in [-0.1, -0.05) is 6.08 Å². The molecule has 0 fully saturated rings. The van der Waals surface area contributed by atoms with Crippen LogP contribution in [0.1, 0.15) is 27.7 Å². The van der Waals surface area contributed by atoms with Crippen LogP contribution in [-0.4, -0.2) is 34.6 Å². The van der Waals surface area contributed by atoms with Gasteiger partial charge in [-0.25, -0.2) is 0 Å². The molecule has 0 aromatic heterocycles. The van der Waals surface area contributed by atoms with Gasteiger partial charge in [0.25, 0.3) is 5.91 Å². The highest BCUT2D eigenvalue weighted by atomic mass is 19.4. The molecule has 6 heteroatoms. The molecule has 1 unspecified atom stereocenters. The molecule has 1 atom stereocenters. The minimum atomic E-state index is -4.78. The third kappa shape index (κ3) is 3.46. The van der Waals surface area contributed by atoms with Crippen LogP contribution < -0.4 is 5.73 Å². The largest absolute Gasteiger partial charge is 0.415 e. The molecule has 0 aromatic rings. The highest BCUT2D eigenvalue weighted by Crippen LogP contribution is 2.31. The second-order valence-corrected chi connectivity index (χ2v) is 5.08. The second-order valence-electron chi connectivity index (χ2n) is 5.08. The van der Waals surface area contributed by atoms with E-state index in [9.17, 15) is 18.0 Å². The summed E-state index contributed by atoms with van der Waals surface area (Å²) in [6, 6.07) is 0.